The molecule has 1 aliphatic heterocycles. The van der Waals surface area contributed by atoms with E-state index >= 15 is 0 Å². The zero-order chi connectivity index (χ0) is 17.5. The van der Waals surface area contributed by atoms with Gasteiger partial charge < -0.3 is 20.1 Å². The van der Waals surface area contributed by atoms with E-state index in [4.69, 9.17) is 9.47 Å². The van der Waals surface area contributed by atoms with Gasteiger partial charge in [0.1, 0.15) is 0 Å². The second-order valence-corrected chi connectivity index (χ2v) is 6.10. The van der Waals surface area contributed by atoms with Gasteiger partial charge >= 0.3 is 0 Å². The molecule has 2 aromatic carbocycles. The lowest BCUT2D eigenvalue weighted by Crippen LogP contribution is -2.33. The molecule has 0 saturated heterocycles. The summed E-state index contributed by atoms with van der Waals surface area (Å²) in [4.78, 5) is 4.30. The number of benzene rings is 2. The maximum Gasteiger partial charge on any atom is 0.195 e. The Labute approximate surface area is 172 Å². The van der Waals surface area contributed by atoms with Crippen molar-refractivity contribution in [1.82, 2.24) is 5.32 Å². The average molecular weight is 467 g/mol. The van der Waals surface area contributed by atoms with Crippen molar-refractivity contribution in [3.8, 4) is 11.5 Å². The molecular weight excluding hydrogens is 441 g/mol. The standard InChI is InChI=1S/C20H25N3O2.HI/c1-15(16-7-4-3-5-8-16)14-22-20(21-2)23-17-9-10-18-19(13-17)25-12-6-11-24-18;/h3-5,7-10,13,15H,6,11-12,14H2,1-2H3,(H2,21,22,23);1H. The molecule has 1 aliphatic rings. The van der Waals surface area contributed by atoms with Crippen molar-refractivity contribution in [1.29, 1.82) is 0 Å². The third kappa shape index (κ3) is 5.52. The first-order chi connectivity index (χ1) is 12.3. The average Bonchev–Trinajstić information content (AvgIpc) is 2.90. The fourth-order valence-electron chi connectivity index (χ4n) is 2.71. The quantitative estimate of drug-likeness (QED) is 0.401. The van der Waals surface area contributed by atoms with Crippen LogP contribution >= 0.6 is 24.0 Å². The van der Waals surface area contributed by atoms with Gasteiger partial charge in [-0.05, 0) is 23.6 Å². The number of guanidine groups is 1. The third-order valence-corrected chi connectivity index (χ3v) is 4.18. The molecule has 6 heteroatoms. The van der Waals surface area contributed by atoms with Crippen molar-refractivity contribution < 1.29 is 9.47 Å². The zero-order valence-electron chi connectivity index (χ0n) is 15.2. The fraction of sp³-hybridized carbons (Fsp3) is 0.350. The molecule has 3 rings (SSSR count). The van der Waals surface area contributed by atoms with Crippen molar-refractivity contribution in [3.63, 3.8) is 0 Å². The Morgan fingerprint density at radius 1 is 1.08 bits per heavy atom. The van der Waals surface area contributed by atoms with Gasteiger partial charge in [0, 0.05) is 31.8 Å². The lowest BCUT2D eigenvalue weighted by molar-refractivity contribution is 0.297. The van der Waals surface area contributed by atoms with Crippen molar-refractivity contribution in [2.75, 3.05) is 32.1 Å². The first kappa shape index (κ1) is 20.4. The molecule has 0 spiro atoms. The van der Waals surface area contributed by atoms with Crippen molar-refractivity contribution >= 4 is 35.6 Å². The number of rotatable bonds is 4. The molecule has 140 valence electrons. The van der Waals surface area contributed by atoms with Crippen LogP contribution in [0.25, 0.3) is 0 Å². The van der Waals surface area contributed by atoms with Gasteiger partial charge in [-0.3, -0.25) is 4.99 Å². The smallest absolute Gasteiger partial charge is 0.195 e. The first-order valence-corrected chi connectivity index (χ1v) is 8.68. The van der Waals surface area contributed by atoms with E-state index in [0.29, 0.717) is 19.1 Å². The van der Waals surface area contributed by atoms with Crippen LogP contribution in [0.2, 0.25) is 0 Å². The molecule has 2 aromatic rings. The lowest BCUT2D eigenvalue weighted by atomic mass is 10.0. The zero-order valence-corrected chi connectivity index (χ0v) is 17.5. The molecule has 1 unspecified atom stereocenters. The molecule has 5 nitrogen and oxygen atoms in total. The number of nitrogens with one attached hydrogen (secondary N) is 2. The van der Waals surface area contributed by atoms with Gasteiger partial charge in [0.15, 0.2) is 17.5 Å². The van der Waals surface area contributed by atoms with Gasteiger partial charge in [-0.25, -0.2) is 0 Å². The Kier molecular flexibility index (Phi) is 8.03. The SMILES string of the molecule is CN=C(NCC(C)c1ccccc1)Nc1ccc2c(c1)OCCCO2.I. The lowest BCUT2D eigenvalue weighted by Gasteiger charge is -2.17. The number of ether oxygens (including phenoxy) is 2. The highest BCUT2D eigenvalue weighted by Crippen LogP contribution is 2.32. The topological polar surface area (TPSA) is 54.9 Å². The van der Waals surface area contributed by atoms with Crippen LogP contribution in [0, 0.1) is 0 Å². The highest BCUT2D eigenvalue weighted by molar-refractivity contribution is 14.0. The summed E-state index contributed by atoms with van der Waals surface area (Å²) in [6.07, 6.45) is 0.901. The van der Waals surface area contributed by atoms with Gasteiger partial charge in [-0.2, -0.15) is 0 Å². The van der Waals surface area contributed by atoms with Gasteiger partial charge in [-0.1, -0.05) is 37.3 Å². The van der Waals surface area contributed by atoms with Gasteiger partial charge in [0.05, 0.1) is 13.2 Å². The van der Waals surface area contributed by atoms with Crippen molar-refractivity contribution in [3.05, 3.63) is 54.1 Å². The highest BCUT2D eigenvalue weighted by atomic mass is 127. The predicted octanol–water partition coefficient (Wildman–Crippen LogP) is 4.26. The largest absolute Gasteiger partial charge is 0.490 e. The van der Waals surface area contributed by atoms with E-state index in [1.807, 2.05) is 24.3 Å². The number of hydrogen-bond donors (Lipinski definition) is 2. The number of aliphatic imine (C=N–C) groups is 1. The Bertz CT molecular complexity index is 722. The maximum atomic E-state index is 5.74. The summed E-state index contributed by atoms with van der Waals surface area (Å²) < 4.78 is 11.4. The minimum atomic E-state index is 0. The second kappa shape index (κ2) is 10.3. The van der Waals surface area contributed by atoms with Crippen LogP contribution in [0.1, 0.15) is 24.8 Å². The van der Waals surface area contributed by atoms with Crippen LogP contribution in [0.5, 0.6) is 11.5 Å². The number of anilines is 1. The summed E-state index contributed by atoms with van der Waals surface area (Å²) >= 11 is 0. The van der Waals surface area contributed by atoms with Gasteiger partial charge in [0.25, 0.3) is 0 Å². The molecular formula is C20H26IN3O2. The van der Waals surface area contributed by atoms with Crippen LogP contribution in [-0.4, -0.2) is 32.8 Å². The van der Waals surface area contributed by atoms with E-state index in [2.05, 4.69) is 46.8 Å². The normalized spacial score (nSPS) is 14.6. The Hall–Kier alpha value is -1.96. The molecule has 0 bridgehead atoms. The van der Waals surface area contributed by atoms with Gasteiger partial charge in [-0.15, -0.1) is 24.0 Å². The van der Waals surface area contributed by atoms with Crippen LogP contribution in [-0.2, 0) is 0 Å². The second-order valence-electron chi connectivity index (χ2n) is 6.10. The number of nitrogens with zero attached hydrogens (tertiary/aromatic N) is 1. The van der Waals surface area contributed by atoms with Crippen LogP contribution < -0.4 is 20.1 Å². The Balaban J connectivity index is 0.00000243. The van der Waals surface area contributed by atoms with E-state index in [0.717, 1.165) is 36.1 Å². The molecule has 0 radical (unpaired) electrons. The Morgan fingerprint density at radius 2 is 1.81 bits per heavy atom. The Morgan fingerprint density at radius 3 is 2.54 bits per heavy atom. The van der Waals surface area contributed by atoms with Crippen LogP contribution in [0.15, 0.2) is 53.5 Å². The molecule has 2 N–H and O–H groups in total. The molecule has 0 aromatic heterocycles. The monoisotopic (exact) mass is 467 g/mol. The summed E-state index contributed by atoms with van der Waals surface area (Å²) in [6.45, 7) is 4.37. The number of fused-ring (bicyclic) bond motifs is 1. The fourth-order valence-corrected chi connectivity index (χ4v) is 2.71. The summed E-state index contributed by atoms with van der Waals surface area (Å²) in [6, 6.07) is 16.3. The third-order valence-electron chi connectivity index (χ3n) is 4.18. The van der Waals surface area contributed by atoms with E-state index in [-0.39, 0.29) is 24.0 Å². The van der Waals surface area contributed by atoms with Crippen molar-refractivity contribution in [2.24, 2.45) is 4.99 Å². The van der Waals surface area contributed by atoms with E-state index in [9.17, 15) is 0 Å². The van der Waals surface area contributed by atoms with Crippen LogP contribution in [0.4, 0.5) is 5.69 Å². The summed E-state index contributed by atoms with van der Waals surface area (Å²) in [7, 11) is 1.77. The van der Waals surface area contributed by atoms with E-state index in [1.165, 1.54) is 5.56 Å². The predicted molar refractivity (Wildman–Crippen MR) is 117 cm³/mol. The van der Waals surface area contributed by atoms with Gasteiger partial charge in [0.2, 0.25) is 0 Å². The number of hydrogen-bond acceptors (Lipinski definition) is 3. The minimum Gasteiger partial charge on any atom is -0.490 e. The van der Waals surface area contributed by atoms with Crippen molar-refractivity contribution in [2.45, 2.75) is 19.3 Å². The summed E-state index contributed by atoms with van der Waals surface area (Å²) in [5, 5.41) is 6.68. The summed E-state index contributed by atoms with van der Waals surface area (Å²) in [5.74, 6) is 2.69. The minimum absolute atomic E-state index is 0. The molecule has 0 saturated carbocycles. The molecule has 1 heterocycles. The first-order valence-electron chi connectivity index (χ1n) is 8.68. The molecule has 26 heavy (non-hydrogen) atoms. The number of halogens is 1. The molecule has 0 aliphatic carbocycles. The summed E-state index contributed by atoms with van der Waals surface area (Å²) in [5.41, 5.74) is 2.23. The molecule has 1 atom stereocenters. The highest BCUT2D eigenvalue weighted by Gasteiger charge is 2.12. The van der Waals surface area contributed by atoms with E-state index < -0.39 is 0 Å². The van der Waals surface area contributed by atoms with Crippen LogP contribution in [0.3, 0.4) is 0 Å². The molecule has 0 fully saturated rings. The molecule has 0 amide bonds. The maximum absolute atomic E-state index is 5.74. The van der Waals surface area contributed by atoms with E-state index in [1.54, 1.807) is 7.05 Å².